The van der Waals surface area contributed by atoms with Gasteiger partial charge in [-0.15, -0.1) is 0 Å². The maximum Gasteiger partial charge on any atom is 0.115 e. The minimum atomic E-state index is -0.448. The zero-order valence-corrected chi connectivity index (χ0v) is 12.3. The lowest BCUT2D eigenvalue weighted by Crippen LogP contribution is -2.56. The van der Waals surface area contributed by atoms with Gasteiger partial charge in [-0.1, -0.05) is 19.9 Å². The molecule has 2 aliphatic rings. The maximum absolute atomic E-state index is 10.4. The monoisotopic (exact) mass is 276 g/mol. The Morgan fingerprint density at radius 3 is 2.70 bits per heavy atom. The number of aliphatic hydroxyl groups is 2. The summed E-state index contributed by atoms with van der Waals surface area (Å²) in [6.07, 6.45) is 3.12. The molecule has 110 valence electrons. The fourth-order valence-electron chi connectivity index (χ4n) is 4.70. The number of aromatic hydroxyl groups is 1. The summed E-state index contributed by atoms with van der Waals surface area (Å²) in [5.41, 5.74) is 2.00. The summed E-state index contributed by atoms with van der Waals surface area (Å²) in [5, 5.41) is 30.1. The van der Waals surface area contributed by atoms with E-state index < -0.39 is 11.5 Å². The van der Waals surface area contributed by atoms with Gasteiger partial charge < -0.3 is 15.3 Å². The molecular weight excluding hydrogens is 252 g/mol. The van der Waals surface area contributed by atoms with E-state index in [1.807, 2.05) is 19.1 Å². The topological polar surface area (TPSA) is 60.7 Å². The third-order valence-corrected chi connectivity index (χ3v) is 6.02. The zero-order chi connectivity index (χ0) is 14.5. The molecule has 1 aromatic carbocycles. The molecule has 1 aromatic rings. The van der Waals surface area contributed by atoms with Crippen molar-refractivity contribution >= 4 is 0 Å². The molecule has 0 amide bonds. The maximum atomic E-state index is 10.4. The lowest BCUT2D eigenvalue weighted by atomic mass is 9.49. The van der Waals surface area contributed by atoms with Crippen molar-refractivity contribution in [3.05, 3.63) is 29.3 Å². The minimum Gasteiger partial charge on any atom is -0.508 e. The van der Waals surface area contributed by atoms with Crippen molar-refractivity contribution in [2.45, 2.75) is 51.0 Å². The van der Waals surface area contributed by atoms with Gasteiger partial charge in [0.1, 0.15) is 5.75 Å². The second-order valence-electron chi connectivity index (χ2n) is 7.07. The molecule has 0 radical (unpaired) electrons. The third kappa shape index (κ3) is 1.73. The Bertz CT molecular complexity index is 527. The van der Waals surface area contributed by atoms with Gasteiger partial charge >= 0.3 is 0 Å². The van der Waals surface area contributed by atoms with E-state index in [-0.39, 0.29) is 17.9 Å². The molecule has 3 rings (SSSR count). The SMILES string of the molecule is CC1(CO)[C@H](O)CC[C@]2(C)c3cc(O)ccc3CC[C@@H]12. The first-order chi connectivity index (χ1) is 9.41. The van der Waals surface area contributed by atoms with Crippen molar-refractivity contribution in [2.24, 2.45) is 11.3 Å². The van der Waals surface area contributed by atoms with Crippen LogP contribution in [0, 0.1) is 11.3 Å². The van der Waals surface area contributed by atoms with Gasteiger partial charge in [0.25, 0.3) is 0 Å². The Labute approximate surface area is 120 Å². The first-order valence-electron chi connectivity index (χ1n) is 7.53. The summed E-state index contributed by atoms with van der Waals surface area (Å²) in [7, 11) is 0. The normalized spacial score (nSPS) is 40.0. The van der Waals surface area contributed by atoms with Gasteiger partial charge in [-0.25, -0.2) is 0 Å². The van der Waals surface area contributed by atoms with Crippen LogP contribution in [-0.4, -0.2) is 28.0 Å². The average molecular weight is 276 g/mol. The van der Waals surface area contributed by atoms with Gasteiger partial charge in [0.05, 0.1) is 12.7 Å². The van der Waals surface area contributed by atoms with Gasteiger partial charge in [-0.05, 0) is 60.3 Å². The van der Waals surface area contributed by atoms with Gasteiger partial charge in [-0.2, -0.15) is 0 Å². The highest BCUT2D eigenvalue weighted by Gasteiger charge is 2.55. The molecule has 0 aliphatic heterocycles. The standard InChI is InChI=1S/C17H24O3/c1-16-8-7-15(20)17(2,10-18)14(16)6-4-11-3-5-12(19)9-13(11)16/h3,5,9,14-15,18-20H,4,6-8,10H2,1-2H3/t14-,15-,16-,17?/m1/s1. The quantitative estimate of drug-likeness (QED) is 0.738. The largest absolute Gasteiger partial charge is 0.508 e. The fourth-order valence-corrected chi connectivity index (χ4v) is 4.70. The number of aliphatic hydroxyl groups excluding tert-OH is 2. The molecule has 0 saturated heterocycles. The summed E-state index contributed by atoms with van der Waals surface area (Å²) >= 11 is 0. The molecule has 0 bridgehead atoms. The Morgan fingerprint density at radius 2 is 2.00 bits per heavy atom. The molecule has 3 N–H and O–H groups in total. The van der Waals surface area contributed by atoms with E-state index >= 15 is 0 Å². The second-order valence-corrected chi connectivity index (χ2v) is 7.07. The number of fused-ring (bicyclic) bond motifs is 3. The Kier molecular flexibility index (Phi) is 3.11. The number of benzene rings is 1. The number of hydrogen-bond donors (Lipinski definition) is 3. The number of rotatable bonds is 1. The Morgan fingerprint density at radius 1 is 1.25 bits per heavy atom. The van der Waals surface area contributed by atoms with Gasteiger partial charge in [0, 0.05) is 5.41 Å². The van der Waals surface area contributed by atoms with Gasteiger partial charge in [0.2, 0.25) is 0 Å². The van der Waals surface area contributed by atoms with E-state index in [9.17, 15) is 15.3 Å². The van der Waals surface area contributed by atoms with Gasteiger partial charge in [-0.3, -0.25) is 0 Å². The van der Waals surface area contributed by atoms with E-state index in [1.54, 1.807) is 6.07 Å². The van der Waals surface area contributed by atoms with E-state index in [0.717, 1.165) is 19.3 Å². The van der Waals surface area contributed by atoms with Crippen LogP contribution in [0.5, 0.6) is 5.75 Å². The predicted octanol–water partition coefficient (Wildman–Crippen LogP) is 2.37. The minimum absolute atomic E-state index is 0.0164. The van der Waals surface area contributed by atoms with Crippen LogP contribution in [-0.2, 0) is 11.8 Å². The van der Waals surface area contributed by atoms with Crippen molar-refractivity contribution in [2.75, 3.05) is 6.61 Å². The molecule has 3 heteroatoms. The smallest absolute Gasteiger partial charge is 0.115 e. The summed E-state index contributed by atoms with van der Waals surface area (Å²) in [4.78, 5) is 0. The van der Waals surface area contributed by atoms with E-state index in [1.165, 1.54) is 11.1 Å². The van der Waals surface area contributed by atoms with Crippen molar-refractivity contribution in [1.29, 1.82) is 0 Å². The summed E-state index contributed by atoms with van der Waals surface area (Å²) in [5.74, 6) is 0.556. The molecule has 0 heterocycles. The lowest BCUT2D eigenvalue weighted by Gasteiger charge is -2.56. The molecule has 1 fully saturated rings. The van der Waals surface area contributed by atoms with Crippen LogP contribution >= 0.6 is 0 Å². The molecule has 0 spiro atoms. The van der Waals surface area contributed by atoms with Crippen molar-refractivity contribution < 1.29 is 15.3 Å². The summed E-state index contributed by atoms with van der Waals surface area (Å²) < 4.78 is 0. The van der Waals surface area contributed by atoms with Crippen LogP contribution in [0.1, 0.15) is 44.2 Å². The summed E-state index contributed by atoms with van der Waals surface area (Å²) in [6, 6.07) is 5.66. The van der Waals surface area contributed by atoms with Gasteiger partial charge in [0.15, 0.2) is 0 Å². The van der Waals surface area contributed by atoms with Crippen LogP contribution in [0.2, 0.25) is 0 Å². The lowest BCUT2D eigenvalue weighted by molar-refractivity contribution is -0.110. The number of phenolic OH excluding ortho intramolecular Hbond substituents is 1. The second kappa shape index (κ2) is 4.47. The molecule has 4 atom stereocenters. The van der Waals surface area contributed by atoms with Crippen molar-refractivity contribution in [3.8, 4) is 5.75 Å². The molecule has 0 aromatic heterocycles. The third-order valence-electron chi connectivity index (χ3n) is 6.02. The predicted molar refractivity (Wildman–Crippen MR) is 77.7 cm³/mol. The zero-order valence-electron chi connectivity index (χ0n) is 12.3. The van der Waals surface area contributed by atoms with Crippen LogP contribution in [0.3, 0.4) is 0 Å². The molecule has 1 unspecified atom stereocenters. The van der Waals surface area contributed by atoms with Crippen LogP contribution in [0.25, 0.3) is 0 Å². The Balaban J connectivity index is 2.12. The van der Waals surface area contributed by atoms with Crippen LogP contribution < -0.4 is 0 Å². The average Bonchev–Trinajstić information content (AvgIpc) is 2.44. The van der Waals surface area contributed by atoms with E-state index in [0.29, 0.717) is 12.2 Å². The fraction of sp³-hybridized carbons (Fsp3) is 0.647. The molecular formula is C17H24O3. The van der Waals surface area contributed by atoms with Crippen LogP contribution in [0.15, 0.2) is 18.2 Å². The first-order valence-corrected chi connectivity index (χ1v) is 7.53. The number of phenols is 1. The highest BCUT2D eigenvalue weighted by atomic mass is 16.3. The first kappa shape index (κ1) is 13.9. The molecule has 1 saturated carbocycles. The molecule has 2 aliphatic carbocycles. The van der Waals surface area contributed by atoms with E-state index in [4.69, 9.17) is 0 Å². The van der Waals surface area contributed by atoms with Crippen LogP contribution in [0.4, 0.5) is 0 Å². The highest BCUT2D eigenvalue weighted by Crippen LogP contribution is 2.57. The van der Waals surface area contributed by atoms with E-state index in [2.05, 4.69) is 6.92 Å². The van der Waals surface area contributed by atoms with Crippen molar-refractivity contribution in [3.63, 3.8) is 0 Å². The molecule has 20 heavy (non-hydrogen) atoms. The number of hydrogen-bond acceptors (Lipinski definition) is 3. The molecule has 3 nitrogen and oxygen atoms in total. The highest BCUT2D eigenvalue weighted by molar-refractivity contribution is 5.43. The summed E-state index contributed by atoms with van der Waals surface area (Å²) in [6.45, 7) is 4.25. The van der Waals surface area contributed by atoms with Crippen molar-refractivity contribution in [1.82, 2.24) is 0 Å². The number of aryl methyl sites for hydroxylation is 1. The Hall–Kier alpha value is -1.06.